The Morgan fingerprint density at radius 3 is 3.00 bits per heavy atom. The number of benzene rings is 1. The van der Waals surface area contributed by atoms with Crippen LogP contribution in [-0.2, 0) is 14.8 Å². The molecule has 0 radical (unpaired) electrons. The predicted octanol–water partition coefficient (Wildman–Crippen LogP) is 1.46. The average Bonchev–Trinajstić information content (AvgIpc) is 2.89. The van der Waals surface area contributed by atoms with Crippen molar-refractivity contribution in [2.45, 2.75) is 23.8 Å². The summed E-state index contributed by atoms with van der Waals surface area (Å²) in [4.78, 5) is 0.985. The van der Waals surface area contributed by atoms with Gasteiger partial charge in [-0.3, -0.25) is 0 Å². The molecule has 0 saturated carbocycles. The topological polar surface area (TPSA) is 81.4 Å². The van der Waals surface area contributed by atoms with E-state index in [1.165, 1.54) is 11.8 Å². The summed E-state index contributed by atoms with van der Waals surface area (Å²) in [6, 6.07) is 7.44. The average molecular weight is 316 g/mol. The van der Waals surface area contributed by atoms with Crippen LogP contribution in [0, 0.1) is 0 Å². The maximum Gasteiger partial charge on any atom is 0.212 e. The van der Waals surface area contributed by atoms with Gasteiger partial charge in [-0.1, -0.05) is 6.07 Å². The maximum absolute atomic E-state index is 11.8. The summed E-state index contributed by atoms with van der Waals surface area (Å²) in [6.45, 7) is 1.11. The number of sulfonamides is 1. The van der Waals surface area contributed by atoms with Gasteiger partial charge in [0.25, 0.3) is 0 Å². The number of anilines is 1. The second-order valence-corrected chi connectivity index (χ2v) is 7.82. The van der Waals surface area contributed by atoms with Gasteiger partial charge in [-0.05, 0) is 31.0 Å². The summed E-state index contributed by atoms with van der Waals surface area (Å²) in [5, 5.41) is 0. The molecule has 3 N–H and O–H groups in total. The van der Waals surface area contributed by atoms with E-state index in [-0.39, 0.29) is 11.9 Å². The molecule has 0 spiro atoms. The summed E-state index contributed by atoms with van der Waals surface area (Å²) in [5.41, 5.74) is 6.37. The van der Waals surface area contributed by atoms with Gasteiger partial charge in [0.2, 0.25) is 10.0 Å². The molecule has 1 heterocycles. The van der Waals surface area contributed by atoms with Crippen LogP contribution in [0.3, 0.4) is 0 Å². The summed E-state index contributed by atoms with van der Waals surface area (Å²) in [5.74, 6) is 0.601. The second-order valence-electron chi connectivity index (χ2n) is 4.72. The van der Waals surface area contributed by atoms with Gasteiger partial charge < -0.3 is 10.5 Å². The highest BCUT2D eigenvalue weighted by Gasteiger charge is 2.18. The molecule has 112 valence electrons. The first kappa shape index (κ1) is 15.6. The Hall–Kier alpha value is -0.760. The highest BCUT2D eigenvalue weighted by molar-refractivity contribution is 8.00. The van der Waals surface area contributed by atoms with Crippen LogP contribution >= 0.6 is 11.8 Å². The molecule has 1 aliphatic rings. The van der Waals surface area contributed by atoms with Crippen molar-refractivity contribution in [2.24, 2.45) is 0 Å². The van der Waals surface area contributed by atoms with Crippen LogP contribution in [-0.4, -0.2) is 39.2 Å². The Balaban J connectivity index is 1.71. The van der Waals surface area contributed by atoms with E-state index in [9.17, 15) is 8.42 Å². The summed E-state index contributed by atoms with van der Waals surface area (Å²) < 4.78 is 31.7. The van der Waals surface area contributed by atoms with E-state index < -0.39 is 10.0 Å². The van der Waals surface area contributed by atoms with Crippen LogP contribution in [0.4, 0.5) is 5.69 Å². The van der Waals surface area contributed by atoms with Crippen LogP contribution in [0.25, 0.3) is 0 Å². The van der Waals surface area contributed by atoms with Gasteiger partial charge in [0, 0.05) is 29.5 Å². The van der Waals surface area contributed by atoms with Gasteiger partial charge in [0.1, 0.15) is 0 Å². The summed E-state index contributed by atoms with van der Waals surface area (Å²) in [7, 11) is -3.23. The third kappa shape index (κ3) is 5.32. The van der Waals surface area contributed by atoms with Crippen molar-refractivity contribution in [3.63, 3.8) is 0 Å². The van der Waals surface area contributed by atoms with Gasteiger partial charge in [-0.25, -0.2) is 13.1 Å². The molecule has 0 aliphatic carbocycles. The fraction of sp³-hybridized carbons (Fsp3) is 0.538. The fourth-order valence-electron chi connectivity index (χ4n) is 1.97. The van der Waals surface area contributed by atoms with Crippen molar-refractivity contribution in [1.82, 2.24) is 4.72 Å². The Morgan fingerprint density at radius 1 is 1.45 bits per heavy atom. The number of ether oxygens (including phenoxy) is 1. The van der Waals surface area contributed by atoms with Gasteiger partial charge in [0.05, 0.1) is 11.9 Å². The second kappa shape index (κ2) is 7.31. The largest absolute Gasteiger partial charge is 0.399 e. The van der Waals surface area contributed by atoms with Gasteiger partial charge >= 0.3 is 0 Å². The van der Waals surface area contributed by atoms with E-state index in [0.29, 0.717) is 18.0 Å². The van der Waals surface area contributed by atoms with E-state index in [0.717, 1.165) is 24.3 Å². The minimum atomic E-state index is -3.23. The number of nitrogens with one attached hydrogen (secondary N) is 1. The molecule has 0 aromatic heterocycles. The molecule has 1 aromatic carbocycles. The molecule has 0 amide bonds. The lowest BCUT2D eigenvalue weighted by molar-refractivity contribution is 0.114. The molecule has 1 fully saturated rings. The molecule has 1 aromatic rings. The molecule has 1 aliphatic heterocycles. The van der Waals surface area contributed by atoms with Gasteiger partial charge in [-0.15, -0.1) is 11.8 Å². The zero-order chi connectivity index (χ0) is 14.4. The van der Waals surface area contributed by atoms with Crippen molar-refractivity contribution >= 4 is 27.5 Å². The molecule has 20 heavy (non-hydrogen) atoms. The van der Waals surface area contributed by atoms with E-state index in [2.05, 4.69) is 4.72 Å². The predicted molar refractivity (Wildman–Crippen MR) is 82.3 cm³/mol. The van der Waals surface area contributed by atoms with Crippen molar-refractivity contribution in [3.05, 3.63) is 24.3 Å². The minimum absolute atomic E-state index is 0.0337. The number of hydrogen-bond donors (Lipinski definition) is 2. The molecule has 5 nitrogen and oxygen atoms in total. The maximum atomic E-state index is 11.8. The van der Waals surface area contributed by atoms with Gasteiger partial charge in [-0.2, -0.15) is 0 Å². The van der Waals surface area contributed by atoms with E-state index in [4.69, 9.17) is 10.5 Å². The number of rotatable bonds is 7. The zero-order valence-electron chi connectivity index (χ0n) is 11.2. The van der Waals surface area contributed by atoms with Crippen molar-refractivity contribution in [3.8, 4) is 0 Å². The Labute approximate surface area is 124 Å². The Bertz CT molecular complexity index is 528. The number of thioether (sulfide) groups is 1. The standard InChI is InChI=1S/C13H20N2O3S2/c14-11-3-1-5-13(9-11)19-7-8-20(16,17)15-10-12-4-2-6-18-12/h1,3,5,9,12,15H,2,4,6-8,10,14H2. The smallest absolute Gasteiger partial charge is 0.212 e. The first-order valence-corrected chi connectivity index (χ1v) is 9.26. The lowest BCUT2D eigenvalue weighted by atomic mass is 10.2. The minimum Gasteiger partial charge on any atom is -0.399 e. The highest BCUT2D eigenvalue weighted by Crippen LogP contribution is 2.20. The highest BCUT2D eigenvalue weighted by atomic mass is 32.2. The molecular formula is C13H20N2O3S2. The third-order valence-electron chi connectivity index (χ3n) is 3.03. The van der Waals surface area contributed by atoms with E-state index >= 15 is 0 Å². The zero-order valence-corrected chi connectivity index (χ0v) is 12.9. The molecule has 0 bridgehead atoms. The monoisotopic (exact) mass is 316 g/mol. The van der Waals surface area contributed by atoms with E-state index in [1.807, 2.05) is 24.3 Å². The first-order chi connectivity index (χ1) is 9.55. The molecule has 1 saturated heterocycles. The molecule has 1 atom stereocenters. The van der Waals surface area contributed by atoms with Gasteiger partial charge in [0.15, 0.2) is 0 Å². The lowest BCUT2D eigenvalue weighted by Crippen LogP contribution is -2.34. The van der Waals surface area contributed by atoms with Crippen LogP contribution < -0.4 is 10.5 Å². The molecular weight excluding hydrogens is 296 g/mol. The third-order valence-corrected chi connectivity index (χ3v) is 5.64. The Morgan fingerprint density at radius 2 is 2.30 bits per heavy atom. The van der Waals surface area contributed by atoms with Crippen LogP contribution in [0.15, 0.2) is 29.2 Å². The normalized spacial score (nSPS) is 19.3. The summed E-state index contributed by atoms with van der Waals surface area (Å²) >= 11 is 1.49. The van der Waals surface area contributed by atoms with Crippen LogP contribution in [0.1, 0.15) is 12.8 Å². The number of hydrogen-bond acceptors (Lipinski definition) is 5. The van der Waals surface area contributed by atoms with Crippen LogP contribution in [0.5, 0.6) is 0 Å². The summed E-state index contributed by atoms with van der Waals surface area (Å²) in [6.07, 6.45) is 1.98. The SMILES string of the molecule is Nc1cccc(SCCS(=O)(=O)NCC2CCCO2)c1. The van der Waals surface area contributed by atoms with Crippen LogP contribution in [0.2, 0.25) is 0 Å². The molecule has 2 rings (SSSR count). The van der Waals surface area contributed by atoms with Crippen molar-refractivity contribution in [2.75, 3.05) is 30.4 Å². The molecule has 7 heteroatoms. The molecule has 1 unspecified atom stereocenters. The lowest BCUT2D eigenvalue weighted by Gasteiger charge is -2.11. The van der Waals surface area contributed by atoms with Crippen molar-refractivity contribution in [1.29, 1.82) is 0 Å². The van der Waals surface area contributed by atoms with Crippen molar-refractivity contribution < 1.29 is 13.2 Å². The first-order valence-electron chi connectivity index (χ1n) is 6.62. The van der Waals surface area contributed by atoms with E-state index in [1.54, 1.807) is 0 Å². The fourth-order valence-corrected chi connectivity index (χ4v) is 4.40. The quantitative estimate of drug-likeness (QED) is 0.588. The number of nitrogens with two attached hydrogens (primary N) is 1. The number of nitrogen functional groups attached to an aromatic ring is 1. The Kier molecular flexibility index (Phi) is 5.71.